The summed E-state index contributed by atoms with van der Waals surface area (Å²) < 4.78 is 5.79. The molecule has 0 aromatic heterocycles. The molecule has 1 saturated heterocycles. The van der Waals surface area contributed by atoms with E-state index in [9.17, 15) is 9.90 Å². The second-order valence-corrected chi connectivity index (χ2v) is 7.35. The minimum absolute atomic E-state index is 0.175. The Morgan fingerprint density at radius 1 is 1.43 bits per heavy atom. The summed E-state index contributed by atoms with van der Waals surface area (Å²) in [6, 6.07) is 0.381. The summed E-state index contributed by atoms with van der Waals surface area (Å²) >= 11 is 0. The van der Waals surface area contributed by atoms with Gasteiger partial charge in [0.25, 0.3) is 0 Å². The van der Waals surface area contributed by atoms with Crippen molar-refractivity contribution in [1.82, 2.24) is 10.2 Å². The molecule has 5 nitrogen and oxygen atoms in total. The lowest BCUT2D eigenvalue weighted by Gasteiger charge is -2.47. The van der Waals surface area contributed by atoms with Gasteiger partial charge >= 0.3 is 5.97 Å². The first-order chi connectivity index (χ1) is 9.82. The van der Waals surface area contributed by atoms with E-state index in [1.165, 1.54) is 0 Å². The molecular weight excluding hydrogens is 268 g/mol. The molecule has 21 heavy (non-hydrogen) atoms. The van der Waals surface area contributed by atoms with Crippen LogP contribution in [0.15, 0.2) is 0 Å². The number of nitrogens with zero attached hydrogens (tertiary/aromatic N) is 1. The molecule has 1 aliphatic heterocycles. The number of ether oxygens (including phenoxy) is 1. The van der Waals surface area contributed by atoms with Crippen LogP contribution >= 0.6 is 0 Å². The van der Waals surface area contributed by atoms with Crippen LogP contribution in [0.5, 0.6) is 0 Å². The molecule has 2 fully saturated rings. The smallest absolute Gasteiger partial charge is 0.307 e. The standard InChI is InChI=1S/C16H30N2O3/c1-11-14(6-5-13(15(19)20)16(11,2)3)17-9-12-10-18(4)7-8-21-12/h11-14,17H,5-10H2,1-4H3,(H,19,20). The van der Waals surface area contributed by atoms with Gasteiger partial charge in [-0.05, 0) is 31.2 Å². The van der Waals surface area contributed by atoms with Crippen LogP contribution in [0.4, 0.5) is 0 Å². The molecule has 4 unspecified atom stereocenters. The molecule has 2 rings (SSSR count). The molecule has 1 aliphatic carbocycles. The fourth-order valence-corrected chi connectivity index (χ4v) is 3.80. The Morgan fingerprint density at radius 2 is 2.14 bits per heavy atom. The number of aliphatic carboxylic acids is 1. The highest BCUT2D eigenvalue weighted by atomic mass is 16.5. The van der Waals surface area contributed by atoms with E-state index in [2.05, 4.69) is 38.0 Å². The van der Waals surface area contributed by atoms with E-state index in [-0.39, 0.29) is 17.4 Å². The van der Waals surface area contributed by atoms with E-state index in [0.29, 0.717) is 12.0 Å². The molecule has 2 N–H and O–H groups in total. The van der Waals surface area contributed by atoms with Crippen molar-refractivity contribution in [2.24, 2.45) is 17.3 Å². The number of carbonyl (C=O) groups is 1. The zero-order valence-corrected chi connectivity index (χ0v) is 13.8. The van der Waals surface area contributed by atoms with Gasteiger partial charge in [0.05, 0.1) is 18.6 Å². The number of rotatable bonds is 4. The minimum Gasteiger partial charge on any atom is -0.481 e. The third-order valence-electron chi connectivity index (χ3n) is 5.69. The molecule has 0 amide bonds. The van der Waals surface area contributed by atoms with Crippen LogP contribution in [0.3, 0.4) is 0 Å². The summed E-state index contributed by atoms with van der Waals surface area (Å²) in [6.07, 6.45) is 1.94. The number of hydrogen-bond acceptors (Lipinski definition) is 4. The van der Waals surface area contributed by atoms with Gasteiger partial charge in [0.1, 0.15) is 0 Å². The Morgan fingerprint density at radius 3 is 2.76 bits per heavy atom. The van der Waals surface area contributed by atoms with Crippen LogP contribution in [0.25, 0.3) is 0 Å². The number of nitrogens with one attached hydrogen (secondary N) is 1. The molecule has 122 valence electrons. The van der Waals surface area contributed by atoms with Crippen molar-refractivity contribution in [3.05, 3.63) is 0 Å². The number of carboxylic acid groups (broad SMARTS) is 1. The number of likely N-dealkylation sites (N-methyl/N-ethyl adjacent to an activating group) is 1. The van der Waals surface area contributed by atoms with Crippen LogP contribution in [0.1, 0.15) is 33.6 Å². The third kappa shape index (κ3) is 3.76. The first-order valence-corrected chi connectivity index (χ1v) is 8.08. The van der Waals surface area contributed by atoms with Crippen molar-refractivity contribution in [3.8, 4) is 0 Å². The maximum atomic E-state index is 11.4. The maximum absolute atomic E-state index is 11.4. The van der Waals surface area contributed by atoms with E-state index in [1.807, 2.05) is 0 Å². The third-order valence-corrected chi connectivity index (χ3v) is 5.69. The average Bonchev–Trinajstić information content (AvgIpc) is 2.40. The first kappa shape index (κ1) is 16.7. The van der Waals surface area contributed by atoms with Crippen LogP contribution < -0.4 is 5.32 Å². The number of carboxylic acids is 1. The molecule has 4 atom stereocenters. The van der Waals surface area contributed by atoms with Gasteiger partial charge in [-0.1, -0.05) is 20.8 Å². The Bertz CT molecular complexity index is 373. The van der Waals surface area contributed by atoms with Gasteiger partial charge in [0.2, 0.25) is 0 Å². The van der Waals surface area contributed by atoms with Crippen molar-refractivity contribution in [1.29, 1.82) is 0 Å². The van der Waals surface area contributed by atoms with Gasteiger partial charge < -0.3 is 20.1 Å². The summed E-state index contributed by atoms with van der Waals surface area (Å²) in [5.74, 6) is -0.543. The Balaban J connectivity index is 1.88. The molecule has 0 aromatic carbocycles. The molecule has 1 saturated carbocycles. The highest BCUT2D eigenvalue weighted by Gasteiger charge is 2.46. The normalized spacial score (nSPS) is 37.3. The largest absolute Gasteiger partial charge is 0.481 e. The highest BCUT2D eigenvalue weighted by Crippen LogP contribution is 2.45. The first-order valence-electron chi connectivity index (χ1n) is 8.08. The van der Waals surface area contributed by atoms with Gasteiger partial charge in [-0.25, -0.2) is 0 Å². The van der Waals surface area contributed by atoms with E-state index in [4.69, 9.17) is 4.74 Å². The predicted octanol–water partition coefficient (Wildman–Crippen LogP) is 1.43. The quantitative estimate of drug-likeness (QED) is 0.822. The van der Waals surface area contributed by atoms with Crippen molar-refractivity contribution in [3.63, 3.8) is 0 Å². The Labute approximate surface area is 128 Å². The molecule has 0 aromatic rings. The number of morpholine rings is 1. The van der Waals surface area contributed by atoms with Gasteiger partial charge in [-0.15, -0.1) is 0 Å². The lowest BCUT2D eigenvalue weighted by atomic mass is 9.61. The Hall–Kier alpha value is -0.650. The second-order valence-electron chi connectivity index (χ2n) is 7.35. The Kier molecular flexibility index (Phi) is 5.28. The lowest BCUT2D eigenvalue weighted by molar-refractivity contribution is -0.150. The van der Waals surface area contributed by atoms with E-state index in [1.54, 1.807) is 0 Å². The molecule has 5 heteroatoms. The molecule has 2 aliphatic rings. The van der Waals surface area contributed by atoms with Crippen molar-refractivity contribution >= 4 is 5.97 Å². The molecule has 0 spiro atoms. The van der Waals surface area contributed by atoms with Gasteiger partial charge in [0, 0.05) is 25.7 Å². The van der Waals surface area contributed by atoms with Crippen molar-refractivity contribution in [2.45, 2.75) is 45.8 Å². The SMILES string of the molecule is CC1C(NCC2CN(C)CCO2)CCC(C(=O)O)C1(C)C. The summed E-state index contributed by atoms with van der Waals surface area (Å²) in [7, 11) is 2.12. The topological polar surface area (TPSA) is 61.8 Å². The fourth-order valence-electron chi connectivity index (χ4n) is 3.80. The second kappa shape index (κ2) is 6.63. The van der Waals surface area contributed by atoms with E-state index >= 15 is 0 Å². The monoisotopic (exact) mass is 298 g/mol. The summed E-state index contributed by atoms with van der Waals surface area (Å²) in [5.41, 5.74) is -0.175. The molecular formula is C16H30N2O3. The van der Waals surface area contributed by atoms with Crippen molar-refractivity contribution in [2.75, 3.05) is 33.3 Å². The number of hydrogen-bond donors (Lipinski definition) is 2. The summed E-state index contributed by atoms with van der Waals surface area (Å²) in [4.78, 5) is 13.7. The van der Waals surface area contributed by atoms with Crippen LogP contribution in [-0.2, 0) is 9.53 Å². The zero-order chi connectivity index (χ0) is 15.6. The molecule has 0 radical (unpaired) electrons. The highest BCUT2D eigenvalue weighted by molar-refractivity contribution is 5.71. The van der Waals surface area contributed by atoms with Crippen LogP contribution in [0, 0.1) is 17.3 Å². The van der Waals surface area contributed by atoms with Crippen molar-refractivity contribution < 1.29 is 14.6 Å². The summed E-state index contributed by atoms with van der Waals surface area (Å²) in [5, 5.41) is 13.0. The minimum atomic E-state index is -0.650. The lowest BCUT2D eigenvalue weighted by Crippen LogP contribution is -2.54. The van der Waals surface area contributed by atoms with Crippen LogP contribution in [-0.4, -0.2) is 61.4 Å². The molecule has 0 bridgehead atoms. The van der Waals surface area contributed by atoms with E-state index < -0.39 is 5.97 Å². The fraction of sp³-hybridized carbons (Fsp3) is 0.938. The predicted molar refractivity (Wildman–Crippen MR) is 82.3 cm³/mol. The molecule has 1 heterocycles. The van der Waals surface area contributed by atoms with Gasteiger partial charge in [-0.3, -0.25) is 4.79 Å². The van der Waals surface area contributed by atoms with E-state index in [0.717, 1.165) is 39.1 Å². The maximum Gasteiger partial charge on any atom is 0.307 e. The van der Waals surface area contributed by atoms with Gasteiger partial charge in [-0.2, -0.15) is 0 Å². The average molecular weight is 298 g/mol. The summed E-state index contributed by atoms with van der Waals surface area (Å²) in [6.45, 7) is 9.99. The van der Waals surface area contributed by atoms with Crippen LogP contribution in [0.2, 0.25) is 0 Å². The van der Waals surface area contributed by atoms with Gasteiger partial charge in [0.15, 0.2) is 0 Å². The zero-order valence-electron chi connectivity index (χ0n) is 13.8.